The van der Waals surface area contributed by atoms with Crippen LogP contribution < -0.4 is 0 Å². The van der Waals surface area contributed by atoms with Crippen molar-refractivity contribution < 1.29 is 4.39 Å². The highest BCUT2D eigenvalue weighted by Gasteiger charge is 2.26. The Bertz CT molecular complexity index is 127. The lowest BCUT2D eigenvalue weighted by Gasteiger charge is -2.33. The normalized spacial score (nSPS) is 32.2. The van der Waals surface area contributed by atoms with Crippen molar-refractivity contribution in [3.05, 3.63) is 0 Å². The zero-order valence-electron chi connectivity index (χ0n) is 8.22. The number of halogens is 1. The predicted molar refractivity (Wildman–Crippen MR) is 50.0 cm³/mol. The Morgan fingerprint density at radius 2 is 2.17 bits per heavy atom. The fourth-order valence-electron chi connectivity index (χ4n) is 2.00. The van der Waals surface area contributed by atoms with Gasteiger partial charge in [0.15, 0.2) is 0 Å². The van der Waals surface area contributed by atoms with Gasteiger partial charge in [-0.1, -0.05) is 20.3 Å². The van der Waals surface area contributed by atoms with Gasteiger partial charge in [-0.25, -0.2) is 4.39 Å². The number of rotatable bonds is 3. The van der Waals surface area contributed by atoms with Gasteiger partial charge in [0.1, 0.15) is 6.17 Å². The Morgan fingerprint density at radius 1 is 1.42 bits per heavy atom. The SMILES string of the molecule is CCCN1CC[C@@H](CC)[C@H](F)C1. The molecule has 0 radical (unpaired) electrons. The summed E-state index contributed by atoms with van der Waals surface area (Å²) in [6.07, 6.45) is 2.62. The Kier molecular flexibility index (Phi) is 3.99. The van der Waals surface area contributed by atoms with E-state index in [2.05, 4.69) is 18.7 Å². The van der Waals surface area contributed by atoms with Crippen molar-refractivity contribution in [2.24, 2.45) is 5.92 Å². The van der Waals surface area contributed by atoms with E-state index in [4.69, 9.17) is 0 Å². The maximum atomic E-state index is 13.4. The Balaban J connectivity index is 2.30. The summed E-state index contributed by atoms with van der Waals surface area (Å²) in [5.41, 5.74) is 0. The van der Waals surface area contributed by atoms with E-state index in [-0.39, 0.29) is 0 Å². The third kappa shape index (κ3) is 2.44. The average Bonchev–Trinajstić information content (AvgIpc) is 2.05. The van der Waals surface area contributed by atoms with Gasteiger partial charge in [0, 0.05) is 6.54 Å². The maximum Gasteiger partial charge on any atom is 0.116 e. The monoisotopic (exact) mass is 173 g/mol. The Morgan fingerprint density at radius 3 is 2.67 bits per heavy atom. The molecule has 1 heterocycles. The van der Waals surface area contributed by atoms with Crippen molar-refractivity contribution in [3.8, 4) is 0 Å². The van der Waals surface area contributed by atoms with Gasteiger partial charge in [-0.3, -0.25) is 0 Å². The molecule has 0 spiro atoms. The number of alkyl halides is 1. The highest BCUT2D eigenvalue weighted by molar-refractivity contribution is 4.79. The molecule has 0 N–H and O–H groups in total. The quantitative estimate of drug-likeness (QED) is 0.633. The fourth-order valence-corrected chi connectivity index (χ4v) is 2.00. The van der Waals surface area contributed by atoms with Crippen molar-refractivity contribution in [2.45, 2.75) is 39.3 Å². The van der Waals surface area contributed by atoms with E-state index >= 15 is 0 Å². The zero-order valence-corrected chi connectivity index (χ0v) is 8.22. The molecule has 0 unspecified atom stereocenters. The van der Waals surface area contributed by atoms with E-state index in [1.807, 2.05) is 0 Å². The number of likely N-dealkylation sites (tertiary alicyclic amines) is 1. The lowest BCUT2D eigenvalue weighted by molar-refractivity contribution is 0.0830. The first-order valence-electron chi connectivity index (χ1n) is 5.14. The van der Waals surface area contributed by atoms with Gasteiger partial charge in [0.2, 0.25) is 0 Å². The molecule has 0 amide bonds. The summed E-state index contributed by atoms with van der Waals surface area (Å²) in [5.74, 6) is 0.332. The highest BCUT2D eigenvalue weighted by atomic mass is 19.1. The van der Waals surface area contributed by atoms with Crippen LogP contribution in [0.3, 0.4) is 0 Å². The van der Waals surface area contributed by atoms with E-state index in [1.54, 1.807) is 0 Å². The molecule has 1 rings (SSSR count). The first-order valence-corrected chi connectivity index (χ1v) is 5.14. The summed E-state index contributed by atoms with van der Waals surface area (Å²) in [4.78, 5) is 2.25. The topological polar surface area (TPSA) is 3.24 Å². The number of hydrogen-bond donors (Lipinski definition) is 0. The Hall–Kier alpha value is -0.110. The first kappa shape index (κ1) is 9.97. The third-order valence-corrected chi connectivity index (χ3v) is 2.82. The second kappa shape index (κ2) is 4.80. The minimum Gasteiger partial charge on any atom is -0.300 e. The summed E-state index contributed by atoms with van der Waals surface area (Å²) in [6, 6.07) is 0. The van der Waals surface area contributed by atoms with Gasteiger partial charge in [-0.2, -0.15) is 0 Å². The molecule has 1 aliphatic rings. The molecule has 2 atom stereocenters. The van der Waals surface area contributed by atoms with Crippen LogP contribution in [0, 0.1) is 5.92 Å². The molecule has 0 aromatic rings. The third-order valence-electron chi connectivity index (χ3n) is 2.82. The van der Waals surface area contributed by atoms with Crippen molar-refractivity contribution >= 4 is 0 Å². The van der Waals surface area contributed by atoms with Gasteiger partial charge in [-0.15, -0.1) is 0 Å². The average molecular weight is 173 g/mol. The van der Waals surface area contributed by atoms with Crippen LogP contribution >= 0.6 is 0 Å². The molecular formula is C10H20FN. The summed E-state index contributed by atoms with van der Waals surface area (Å²) in [5, 5.41) is 0. The maximum absolute atomic E-state index is 13.4. The van der Waals surface area contributed by atoms with Crippen LogP contribution in [-0.2, 0) is 0 Å². The van der Waals surface area contributed by atoms with Crippen molar-refractivity contribution in [1.82, 2.24) is 4.90 Å². The highest BCUT2D eigenvalue weighted by Crippen LogP contribution is 2.23. The molecule has 1 fully saturated rings. The van der Waals surface area contributed by atoms with Crippen LogP contribution in [0.4, 0.5) is 4.39 Å². The molecule has 1 nitrogen and oxygen atoms in total. The minimum atomic E-state index is -0.574. The van der Waals surface area contributed by atoms with E-state index in [0.29, 0.717) is 12.5 Å². The lowest BCUT2D eigenvalue weighted by Crippen LogP contribution is -2.41. The largest absolute Gasteiger partial charge is 0.300 e. The predicted octanol–water partition coefficient (Wildman–Crippen LogP) is 2.47. The van der Waals surface area contributed by atoms with Gasteiger partial charge < -0.3 is 4.90 Å². The van der Waals surface area contributed by atoms with Crippen LogP contribution in [0.1, 0.15) is 33.1 Å². The molecule has 1 saturated heterocycles. The summed E-state index contributed by atoms with van der Waals surface area (Å²) >= 11 is 0. The van der Waals surface area contributed by atoms with Crippen molar-refractivity contribution in [3.63, 3.8) is 0 Å². The fraction of sp³-hybridized carbons (Fsp3) is 1.00. The van der Waals surface area contributed by atoms with Crippen LogP contribution in [0.25, 0.3) is 0 Å². The second-order valence-electron chi connectivity index (χ2n) is 3.77. The molecular weight excluding hydrogens is 153 g/mol. The Labute approximate surface area is 74.9 Å². The van der Waals surface area contributed by atoms with Crippen molar-refractivity contribution in [2.75, 3.05) is 19.6 Å². The van der Waals surface area contributed by atoms with Crippen LogP contribution in [0.15, 0.2) is 0 Å². The number of piperidine rings is 1. The molecule has 12 heavy (non-hydrogen) atoms. The molecule has 0 aliphatic carbocycles. The van der Waals surface area contributed by atoms with E-state index < -0.39 is 6.17 Å². The minimum absolute atomic E-state index is 0.332. The summed E-state index contributed by atoms with van der Waals surface area (Å²) < 4.78 is 13.4. The van der Waals surface area contributed by atoms with Crippen LogP contribution in [0.5, 0.6) is 0 Å². The van der Waals surface area contributed by atoms with Gasteiger partial charge in [0.05, 0.1) is 0 Å². The van der Waals surface area contributed by atoms with Gasteiger partial charge in [-0.05, 0) is 31.8 Å². The second-order valence-corrected chi connectivity index (χ2v) is 3.77. The van der Waals surface area contributed by atoms with Crippen molar-refractivity contribution in [1.29, 1.82) is 0 Å². The first-order chi connectivity index (χ1) is 5.77. The molecule has 0 aromatic carbocycles. The molecule has 2 heteroatoms. The van der Waals surface area contributed by atoms with E-state index in [9.17, 15) is 4.39 Å². The smallest absolute Gasteiger partial charge is 0.116 e. The molecule has 0 saturated carbocycles. The van der Waals surface area contributed by atoms with E-state index in [0.717, 1.165) is 32.4 Å². The standard InChI is InChI=1S/C10H20FN/c1-3-6-12-7-5-9(4-2)10(11)8-12/h9-10H,3-8H2,1-2H3/t9-,10-/m1/s1. The lowest BCUT2D eigenvalue weighted by atomic mass is 9.92. The molecule has 72 valence electrons. The summed E-state index contributed by atoms with van der Waals surface area (Å²) in [7, 11) is 0. The summed E-state index contributed by atoms with van der Waals surface area (Å²) in [6.45, 7) is 7.09. The van der Waals surface area contributed by atoms with Crippen LogP contribution in [-0.4, -0.2) is 30.7 Å². The van der Waals surface area contributed by atoms with Gasteiger partial charge >= 0.3 is 0 Å². The van der Waals surface area contributed by atoms with E-state index in [1.165, 1.54) is 0 Å². The molecule has 0 aromatic heterocycles. The zero-order chi connectivity index (χ0) is 8.97. The molecule has 0 bridgehead atoms. The van der Waals surface area contributed by atoms with Crippen LogP contribution in [0.2, 0.25) is 0 Å². The molecule has 1 aliphatic heterocycles. The number of nitrogens with zero attached hydrogens (tertiary/aromatic N) is 1. The number of hydrogen-bond acceptors (Lipinski definition) is 1. The van der Waals surface area contributed by atoms with Gasteiger partial charge in [0.25, 0.3) is 0 Å².